The number of nitrogens with two attached hydrogens (primary N) is 1. The second-order valence-corrected chi connectivity index (χ2v) is 8.17. The summed E-state index contributed by atoms with van der Waals surface area (Å²) in [6, 6.07) is 9.86. The van der Waals surface area contributed by atoms with E-state index in [9.17, 15) is 19.7 Å². The minimum absolute atomic E-state index is 0.0809. The molecule has 36 heavy (non-hydrogen) atoms. The number of nitrogen functional groups attached to an aromatic ring is 1. The molecule has 2 aromatic rings. The highest BCUT2D eigenvalue weighted by molar-refractivity contribution is 5.96. The third kappa shape index (κ3) is 7.06. The Bertz CT molecular complexity index is 1080. The van der Waals surface area contributed by atoms with E-state index in [-0.39, 0.29) is 23.1 Å². The first-order valence-electron chi connectivity index (χ1n) is 11.6. The second kappa shape index (κ2) is 12.7. The number of nitrogens with one attached hydrogen (secondary N) is 2. The van der Waals surface area contributed by atoms with Gasteiger partial charge in [0.25, 0.3) is 17.5 Å². The fraction of sp³-hybridized carbons (Fsp3) is 0.417. The highest BCUT2D eigenvalue weighted by atomic mass is 16.6. The number of nitro benzene ring substituents is 1. The van der Waals surface area contributed by atoms with Crippen molar-refractivity contribution in [2.45, 2.75) is 0 Å². The molecular formula is C24H32N6O6. The Kier molecular flexibility index (Phi) is 9.42. The van der Waals surface area contributed by atoms with Crippen molar-refractivity contribution < 1.29 is 24.0 Å². The van der Waals surface area contributed by atoms with Crippen LogP contribution in [0.4, 0.5) is 22.7 Å². The number of morpholine rings is 2. The summed E-state index contributed by atoms with van der Waals surface area (Å²) in [7, 11) is 3.11. The predicted molar refractivity (Wildman–Crippen MR) is 137 cm³/mol. The number of carbonyl (C=O) groups is 2. The molecule has 0 radical (unpaired) electrons. The summed E-state index contributed by atoms with van der Waals surface area (Å²) >= 11 is 0. The van der Waals surface area contributed by atoms with Gasteiger partial charge < -0.3 is 35.6 Å². The molecule has 2 aliphatic heterocycles. The molecular weight excluding hydrogens is 468 g/mol. The second-order valence-electron chi connectivity index (χ2n) is 8.17. The van der Waals surface area contributed by atoms with Crippen molar-refractivity contribution >= 4 is 34.6 Å². The molecule has 2 heterocycles. The van der Waals surface area contributed by atoms with Gasteiger partial charge in [0.05, 0.1) is 31.4 Å². The molecule has 12 heteroatoms. The van der Waals surface area contributed by atoms with Gasteiger partial charge in [-0.1, -0.05) is 0 Å². The quantitative estimate of drug-likeness (QED) is 0.313. The SMILES string of the molecule is CNC(=O)c1cc(N)cc(N2CCOCC2)c1.CNC(=O)c1cc(N2CCOCC2)cc([N+](=O)[O-])c1. The van der Waals surface area contributed by atoms with Crippen LogP contribution in [0.3, 0.4) is 0 Å². The molecule has 2 aromatic carbocycles. The average Bonchev–Trinajstić information content (AvgIpc) is 2.92. The first-order valence-corrected chi connectivity index (χ1v) is 11.6. The van der Waals surface area contributed by atoms with Gasteiger partial charge in [-0.2, -0.15) is 0 Å². The lowest BCUT2D eigenvalue weighted by Gasteiger charge is -2.29. The molecule has 0 bridgehead atoms. The minimum atomic E-state index is -0.490. The van der Waals surface area contributed by atoms with Crippen LogP contribution in [-0.4, -0.2) is 83.4 Å². The molecule has 0 spiro atoms. The van der Waals surface area contributed by atoms with Crippen LogP contribution < -0.4 is 26.2 Å². The molecule has 2 saturated heterocycles. The number of benzene rings is 2. The fourth-order valence-electron chi connectivity index (χ4n) is 3.89. The summed E-state index contributed by atoms with van der Waals surface area (Å²) in [5.74, 6) is -0.454. The van der Waals surface area contributed by atoms with Gasteiger partial charge in [-0.15, -0.1) is 0 Å². The van der Waals surface area contributed by atoms with E-state index < -0.39 is 4.92 Å². The molecule has 2 amide bonds. The van der Waals surface area contributed by atoms with Crippen molar-refractivity contribution in [3.63, 3.8) is 0 Å². The summed E-state index contributed by atoms with van der Waals surface area (Å²) < 4.78 is 10.5. The van der Waals surface area contributed by atoms with Gasteiger partial charge in [0.2, 0.25) is 0 Å². The third-order valence-electron chi connectivity index (χ3n) is 5.78. The Hall–Kier alpha value is -3.90. The van der Waals surface area contributed by atoms with Crippen molar-refractivity contribution in [3.05, 3.63) is 57.6 Å². The van der Waals surface area contributed by atoms with Crippen LogP contribution in [-0.2, 0) is 9.47 Å². The number of non-ortho nitro benzene ring substituents is 1. The monoisotopic (exact) mass is 500 g/mol. The molecule has 0 unspecified atom stereocenters. The molecule has 4 N–H and O–H groups in total. The highest BCUT2D eigenvalue weighted by Crippen LogP contribution is 2.25. The highest BCUT2D eigenvalue weighted by Gasteiger charge is 2.19. The Morgan fingerprint density at radius 2 is 1.25 bits per heavy atom. The van der Waals surface area contributed by atoms with Gasteiger partial charge in [0, 0.05) is 80.6 Å². The van der Waals surface area contributed by atoms with Crippen LogP contribution in [0.1, 0.15) is 20.7 Å². The molecule has 0 saturated carbocycles. The summed E-state index contributed by atoms with van der Waals surface area (Å²) in [6.45, 7) is 5.57. The van der Waals surface area contributed by atoms with Gasteiger partial charge in [-0.25, -0.2) is 0 Å². The van der Waals surface area contributed by atoms with Crippen molar-refractivity contribution in [1.29, 1.82) is 0 Å². The third-order valence-corrected chi connectivity index (χ3v) is 5.78. The van der Waals surface area contributed by atoms with E-state index in [4.69, 9.17) is 15.2 Å². The van der Waals surface area contributed by atoms with Gasteiger partial charge >= 0.3 is 0 Å². The van der Waals surface area contributed by atoms with Crippen LogP contribution in [0, 0.1) is 10.1 Å². The van der Waals surface area contributed by atoms with Crippen molar-refractivity contribution in [3.8, 4) is 0 Å². The Morgan fingerprint density at radius 1 is 0.806 bits per heavy atom. The van der Waals surface area contributed by atoms with E-state index in [1.807, 2.05) is 17.0 Å². The largest absolute Gasteiger partial charge is 0.399 e. The lowest BCUT2D eigenvalue weighted by atomic mass is 10.1. The maximum absolute atomic E-state index is 11.6. The van der Waals surface area contributed by atoms with Crippen molar-refractivity contribution in [1.82, 2.24) is 10.6 Å². The van der Waals surface area contributed by atoms with E-state index >= 15 is 0 Å². The Labute approximate surface area is 209 Å². The van der Waals surface area contributed by atoms with E-state index in [1.54, 1.807) is 19.2 Å². The first kappa shape index (κ1) is 26.7. The zero-order valence-corrected chi connectivity index (χ0v) is 20.5. The zero-order chi connectivity index (χ0) is 26.1. The lowest BCUT2D eigenvalue weighted by molar-refractivity contribution is -0.384. The van der Waals surface area contributed by atoms with Crippen molar-refractivity contribution in [2.24, 2.45) is 0 Å². The maximum Gasteiger partial charge on any atom is 0.272 e. The predicted octanol–water partition coefficient (Wildman–Crippen LogP) is 1.26. The normalized spacial score (nSPS) is 15.4. The molecule has 194 valence electrons. The smallest absolute Gasteiger partial charge is 0.272 e. The number of ether oxygens (including phenoxy) is 2. The number of carbonyl (C=O) groups excluding carboxylic acids is 2. The zero-order valence-electron chi connectivity index (χ0n) is 20.5. The van der Waals surface area contributed by atoms with Gasteiger partial charge in [0.1, 0.15) is 0 Å². The molecule has 12 nitrogen and oxygen atoms in total. The molecule has 2 aliphatic rings. The molecule has 0 aromatic heterocycles. The van der Waals surface area contributed by atoms with Crippen LogP contribution in [0.2, 0.25) is 0 Å². The maximum atomic E-state index is 11.6. The van der Waals surface area contributed by atoms with Gasteiger partial charge in [-0.05, 0) is 24.3 Å². The number of amides is 2. The first-order chi connectivity index (χ1) is 17.3. The average molecular weight is 501 g/mol. The molecule has 2 fully saturated rings. The number of anilines is 3. The molecule has 0 atom stereocenters. The van der Waals surface area contributed by atoms with Gasteiger partial charge in [0.15, 0.2) is 0 Å². The van der Waals surface area contributed by atoms with Crippen LogP contribution in [0.15, 0.2) is 36.4 Å². The van der Waals surface area contributed by atoms with Crippen LogP contribution in [0.5, 0.6) is 0 Å². The molecule has 0 aliphatic carbocycles. The standard InChI is InChI=1S/C12H15N3O4.C12H17N3O2/c1-13-12(16)9-6-10(8-11(7-9)15(17)18)14-2-4-19-5-3-14;1-14-12(16)9-6-10(13)8-11(7-9)15-2-4-17-5-3-15/h6-8H,2-5H2,1H3,(H,13,16);6-8H,2-5,13H2,1H3,(H,14,16). The summed E-state index contributed by atoms with van der Waals surface area (Å²) in [4.78, 5) is 37.8. The Balaban J connectivity index is 0.000000202. The Morgan fingerprint density at radius 3 is 1.69 bits per heavy atom. The van der Waals surface area contributed by atoms with E-state index in [0.717, 1.165) is 18.8 Å². The number of rotatable bonds is 5. The summed E-state index contributed by atoms with van der Waals surface area (Å²) in [5, 5.41) is 16.0. The number of hydrogen-bond acceptors (Lipinski definition) is 9. The van der Waals surface area contributed by atoms with Gasteiger partial charge in [-0.3, -0.25) is 19.7 Å². The van der Waals surface area contributed by atoms with Crippen molar-refractivity contribution in [2.75, 3.05) is 82.2 Å². The van der Waals surface area contributed by atoms with E-state index in [1.165, 1.54) is 19.2 Å². The fourth-order valence-corrected chi connectivity index (χ4v) is 3.89. The number of nitrogens with zero attached hydrogens (tertiary/aromatic N) is 3. The number of nitro groups is 1. The summed E-state index contributed by atoms with van der Waals surface area (Å²) in [6.07, 6.45) is 0. The summed E-state index contributed by atoms with van der Waals surface area (Å²) in [5.41, 5.74) is 8.88. The number of hydrogen-bond donors (Lipinski definition) is 3. The van der Waals surface area contributed by atoms with E-state index in [2.05, 4.69) is 15.5 Å². The van der Waals surface area contributed by atoms with Crippen LogP contribution in [0.25, 0.3) is 0 Å². The molecule has 4 rings (SSSR count). The van der Waals surface area contributed by atoms with E-state index in [0.29, 0.717) is 56.5 Å². The topological polar surface area (TPSA) is 152 Å². The lowest BCUT2D eigenvalue weighted by Crippen LogP contribution is -2.36. The minimum Gasteiger partial charge on any atom is -0.399 e. The van der Waals surface area contributed by atoms with Crippen LogP contribution >= 0.6 is 0 Å².